The molecule has 66 valence electrons. The molecule has 2 aliphatic rings. The third kappa shape index (κ3) is 1.44. The number of hydrogen-bond acceptors (Lipinski definition) is 2. The van der Waals surface area contributed by atoms with Crippen LogP contribution in [0.3, 0.4) is 0 Å². The number of aliphatic imine (C=N–C) groups is 1. The van der Waals surface area contributed by atoms with Crippen molar-refractivity contribution in [3.63, 3.8) is 0 Å². The minimum absolute atomic E-state index is 0.0664. The van der Waals surface area contributed by atoms with Crippen molar-refractivity contribution in [1.82, 2.24) is 0 Å². The maximum absolute atomic E-state index is 9.14. The maximum atomic E-state index is 9.14. The molecule has 1 aliphatic carbocycles. The van der Waals surface area contributed by atoms with Crippen molar-refractivity contribution in [3.8, 4) is 0 Å². The molecule has 2 heteroatoms. The van der Waals surface area contributed by atoms with E-state index < -0.39 is 0 Å². The van der Waals surface area contributed by atoms with E-state index in [1.165, 1.54) is 5.71 Å². The first-order valence-electron chi connectivity index (χ1n) is 4.68. The van der Waals surface area contributed by atoms with Crippen molar-refractivity contribution in [2.75, 3.05) is 0 Å². The minimum Gasteiger partial charge on any atom is -0.393 e. The lowest BCUT2D eigenvalue weighted by Crippen LogP contribution is -2.34. The van der Waals surface area contributed by atoms with Gasteiger partial charge in [0.25, 0.3) is 0 Å². The first-order valence-corrected chi connectivity index (χ1v) is 4.68. The molecule has 12 heavy (non-hydrogen) atoms. The molecular formula is C10H15NO. The normalized spacial score (nSPS) is 40.5. The Hall–Kier alpha value is -0.630. The smallest absolute Gasteiger partial charge is 0.0553 e. The van der Waals surface area contributed by atoms with E-state index >= 15 is 0 Å². The molecule has 0 spiro atoms. The van der Waals surface area contributed by atoms with E-state index in [0.29, 0.717) is 12.0 Å². The fraction of sp³-hybridized carbons (Fsp3) is 0.700. The van der Waals surface area contributed by atoms with Crippen LogP contribution in [0, 0.1) is 5.92 Å². The summed E-state index contributed by atoms with van der Waals surface area (Å²) in [6, 6.07) is 0.447. The van der Waals surface area contributed by atoms with Crippen molar-refractivity contribution >= 4 is 5.71 Å². The average Bonchev–Trinajstić information content (AvgIpc) is 1.99. The van der Waals surface area contributed by atoms with Gasteiger partial charge in [0.15, 0.2) is 0 Å². The lowest BCUT2D eigenvalue weighted by molar-refractivity contribution is 0.0703. The van der Waals surface area contributed by atoms with E-state index in [1.807, 2.05) is 0 Å². The summed E-state index contributed by atoms with van der Waals surface area (Å²) in [6.45, 7) is 2.14. The number of aliphatic hydroxyl groups is 1. The van der Waals surface area contributed by atoms with Crippen molar-refractivity contribution in [2.45, 2.75) is 38.3 Å². The van der Waals surface area contributed by atoms with Crippen molar-refractivity contribution in [1.29, 1.82) is 0 Å². The molecule has 0 aromatic rings. The maximum Gasteiger partial charge on any atom is 0.0553 e. The highest BCUT2D eigenvalue weighted by Gasteiger charge is 2.30. The van der Waals surface area contributed by atoms with Crippen LogP contribution in [0.1, 0.15) is 26.2 Å². The third-order valence-corrected chi connectivity index (χ3v) is 2.67. The number of dihydropyridines is 1. The van der Waals surface area contributed by atoms with E-state index in [0.717, 1.165) is 19.3 Å². The molecule has 1 unspecified atom stereocenters. The van der Waals surface area contributed by atoms with E-state index in [1.54, 1.807) is 0 Å². The van der Waals surface area contributed by atoms with Gasteiger partial charge in [-0.1, -0.05) is 6.08 Å². The van der Waals surface area contributed by atoms with Gasteiger partial charge < -0.3 is 5.11 Å². The molecule has 2 nitrogen and oxygen atoms in total. The standard InChI is InChI=1S/C10H15NO/c1-7-3-2-4-10(11-7)8-5-9(12)6-8/h2,4,7-9,12H,3,5-6H2,1H3. The largest absolute Gasteiger partial charge is 0.393 e. The monoisotopic (exact) mass is 165 g/mol. The Bertz CT molecular complexity index is 226. The lowest BCUT2D eigenvalue weighted by atomic mass is 9.78. The molecule has 0 amide bonds. The molecule has 0 aromatic heterocycles. The minimum atomic E-state index is -0.0664. The topological polar surface area (TPSA) is 32.6 Å². The van der Waals surface area contributed by atoms with Crippen molar-refractivity contribution < 1.29 is 5.11 Å². The van der Waals surface area contributed by atoms with Crippen LogP contribution < -0.4 is 0 Å². The highest BCUT2D eigenvalue weighted by atomic mass is 16.3. The summed E-state index contributed by atoms with van der Waals surface area (Å²) >= 11 is 0. The number of allylic oxidation sites excluding steroid dienone is 1. The fourth-order valence-corrected chi connectivity index (χ4v) is 1.81. The molecule has 1 heterocycles. The van der Waals surface area contributed by atoms with E-state index in [-0.39, 0.29) is 6.10 Å². The van der Waals surface area contributed by atoms with E-state index in [9.17, 15) is 0 Å². The van der Waals surface area contributed by atoms with Gasteiger partial charge in [-0.15, -0.1) is 0 Å². The summed E-state index contributed by atoms with van der Waals surface area (Å²) in [5, 5.41) is 9.14. The second-order valence-corrected chi connectivity index (χ2v) is 3.86. The third-order valence-electron chi connectivity index (χ3n) is 2.67. The molecule has 1 atom stereocenters. The molecule has 1 saturated carbocycles. The van der Waals surface area contributed by atoms with Crippen molar-refractivity contribution in [2.24, 2.45) is 10.9 Å². The Balaban J connectivity index is 1.99. The molecule has 1 fully saturated rings. The molecule has 0 bridgehead atoms. The number of aliphatic hydroxyl groups excluding tert-OH is 1. The first-order chi connectivity index (χ1) is 5.75. The van der Waals surface area contributed by atoms with Gasteiger partial charge in [-0.2, -0.15) is 0 Å². The molecule has 2 rings (SSSR count). The second kappa shape index (κ2) is 3.02. The molecule has 0 saturated heterocycles. The number of nitrogens with zero attached hydrogens (tertiary/aromatic N) is 1. The van der Waals surface area contributed by atoms with Crippen molar-refractivity contribution in [3.05, 3.63) is 12.2 Å². The molecule has 0 aromatic carbocycles. The van der Waals surface area contributed by atoms with Gasteiger partial charge in [0.05, 0.1) is 12.1 Å². The van der Waals surface area contributed by atoms with Crippen LogP contribution in [0.4, 0.5) is 0 Å². The van der Waals surface area contributed by atoms with Gasteiger partial charge in [-0.3, -0.25) is 4.99 Å². The van der Waals surface area contributed by atoms with E-state index in [4.69, 9.17) is 5.11 Å². The van der Waals surface area contributed by atoms with Crippen LogP contribution in [-0.4, -0.2) is 23.0 Å². The predicted molar refractivity (Wildman–Crippen MR) is 49.4 cm³/mol. The number of rotatable bonds is 1. The molecule has 1 N–H and O–H groups in total. The Morgan fingerprint density at radius 2 is 2.25 bits per heavy atom. The Morgan fingerprint density at radius 1 is 1.50 bits per heavy atom. The lowest BCUT2D eigenvalue weighted by Gasteiger charge is -2.32. The predicted octanol–water partition coefficient (Wildman–Crippen LogP) is 1.55. The number of hydrogen-bond donors (Lipinski definition) is 1. The summed E-state index contributed by atoms with van der Waals surface area (Å²) in [5.74, 6) is 0.541. The summed E-state index contributed by atoms with van der Waals surface area (Å²) in [6.07, 6.45) is 7.14. The van der Waals surface area contributed by atoms with Gasteiger partial charge in [-0.25, -0.2) is 0 Å². The first kappa shape index (κ1) is 7.99. The zero-order valence-corrected chi connectivity index (χ0v) is 7.40. The average molecular weight is 165 g/mol. The van der Waals surface area contributed by atoms with Gasteiger partial charge in [0.2, 0.25) is 0 Å². The molecule has 0 radical (unpaired) electrons. The summed E-state index contributed by atoms with van der Waals surface area (Å²) in [5.41, 5.74) is 1.21. The van der Waals surface area contributed by atoms with Gasteiger partial charge in [0, 0.05) is 11.6 Å². The summed E-state index contributed by atoms with van der Waals surface area (Å²) < 4.78 is 0. The van der Waals surface area contributed by atoms with Gasteiger partial charge in [-0.05, 0) is 32.3 Å². The Morgan fingerprint density at radius 3 is 2.83 bits per heavy atom. The second-order valence-electron chi connectivity index (χ2n) is 3.86. The zero-order chi connectivity index (χ0) is 8.55. The van der Waals surface area contributed by atoms with Crippen LogP contribution >= 0.6 is 0 Å². The summed E-state index contributed by atoms with van der Waals surface area (Å²) in [7, 11) is 0. The van der Waals surface area contributed by atoms with Crippen LogP contribution in [0.15, 0.2) is 17.1 Å². The van der Waals surface area contributed by atoms with Gasteiger partial charge >= 0.3 is 0 Å². The fourth-order valence-electron chi connectivity index (χ4n) is 1.81. The highest BCUT2D eigenvalue weighted by molar-refractivity contribution is 5.98. The quantitative estimate of drug-likeness (QED) is 0.628. The Labute approximate surface area is 73.0 Å². The molecule has 1 aliphatic heterocycles. The van der Waals surface area contributed by atoms with Crippen LogP contribution in [0.2, 0.25) is 0 Å². The van der Waals surface area contributed by atoms with Gasteiger partial charge in [0.1, 0.15) is 0 Å². The van der Waals surface area contributed by atoms with Crippen LogP contribution in [0.25, 0.3) is 0 Å². The summed E-state index contributed by atoms with van der Waals surface area (Å²) in [4.78, 5) is 4.56. The SMILES string of the molecule is CC1CC=CC(C2CC(O)C2)=N1. The van der Waals surface area contributed by atoms with E-state index in [2.05, 4.69) is 24.1 Å². The van der Waals surface area contributed by atoms with Crippen LogP contribution in [0.5, 0.6) is 0 Å². The van der Waals surface area contributed by atoms with Crippen LogP contribution in [-0.2, 0) is 0 Å². The Kier molecular flexibility index (Phi) is 2.01. The highest BCUT2D eigenvalue weighted by Crippen LogP contribution is 2.30. The zero-order valence-electron chi connectivity index (χ0n) is 7.40. The molecular weight excluding hydrogens is 150 g/mol.